The smallest absolute Gasteiger partial charge is 0.229 e. The van der Waals surface area contributed by atoms with Crippen LogP contribution in [0.2, 0.25) is 0 Å². The minimum Gasteiger partial charge on any atom is -0.379 e. The minimum atomic E-state index is -3.30. The van der Waals surface area contributed by atoms with Gasteiger partial charge in [-0.2, -0.15) is 0 Å². The lowest BCUT2D eigenvalue weighted by molar-refractivity contribution is 0.0208. The number of sulfonamides is 1. The number of carbonyl (C=O) groups excluding carboxylic acids is 1. The number of ketones is 1. The van der Waals surface area contributed by atoms with E-state index in [-0.39, 0.29) is 24.2 Å². The number of Topliss-reactive ketones (excluding diaryl/α,β-unsaturated/α-hetero) is 1. The van der Waals surface area contributed by atoms with Crippen molar-refractivity contribution < 1.29 is 17.9 Å². The molecule has 124 valence electrons. The second-order valence-corrected chi connectivity index (χ2v) is 6.89. The van der Waals surface area contributed by atoms with Gasteiger partial charge < -0.3 is 4.74 Å². The Morgan fingerprint density at radius 1 is 1.23 bits per heavy atom. The van der Waals surface area contributed by atoms with E-state index in [2.05, 4.69) is 9.62 Å². The summed E-state index contributed by atoms with van der Waals surface area (Å²) in [6.07, 6.45) is 1.09. The van der Waals surface area contributed by atoms with Crippen molar-refractivity contribution >= 4 is 33.9 Å². The molecule has 0 aromatic heterocycles. The summed E-state index contributed by atoms with van der Waals surface area (Å²) in [7, 11) is -3.30. The zero-order chi connectivity index (χ0) is 15.5. The van der Waals surface area contributed by atoms with Crippen LogP contribution in [0.1, 0.15) is 17.3 Å². The molecular weight excluding hydrogens is 328 g/mol. The van der Waals surface area contributed by atoms with E-state index >= 15 is 0 Å². The maximum Gasteiger partial charge on any atom is 0.229 e. The summed E-state index contributed by atoms with van der Waals surface area (Å²) in [5.41, 5.74) is 1.03. The molecule has 0 bridgehead atoms. The molecule has 1 heterocycles. The number of morpholine rings is 1. The van der Waals surface area contributed by atoms with Gasteiger partial charge in [-0.15, -0.1) is 12.4 Å². The van der Waals surface area contributed by atoms with Crippen molar-refractivity contribution in [1.29, 1.82) is 0 Å². The predicted molar refractivity (Wildman–Crippen MR) is 88.3 cm³/mol. The number of hydrogen-bond donors (Lipinski definition) is 1. The van der Waals surface area contributed by atoms with Crippen LogP contribution >= 0.6 is 12.4 Å². The Morgan fingerprint density at radius 3 is 2.27 bits per heavy atom. The molecule has 0 amide bonds. The molecule has 1 fully saturated rings. The first kappa shape index (κ1) is 18.9. The van der Waals surface area contributed by atoms with E-state index in [0.29, 0.717) is 24.5 Å². The van der Waals surface area contributed by atoms with E-state index < -0.39 is 10.0 Å². The van der Waals surface area contributed by atoms with Crippen molar-refractivity contribution in [3.05, 3.63) is 29.8 Å². The molecule has 1 aromatic carbocycles. The van der Waals surface area contributed by atoms with Gasteiger partial charge in [0.05, 0.1) is 25.5 Å². The van der Waals surface area contributed by atoms with Gasteiger partial charge in [-0.1, -0.05) is 0 Å². The average molecular weight is 349 g/mol. The lowest BCUT2D eigenvalue weighted by Gasteiger charge is -2.31. The summed E-state index contributed by atoms with van der Waals surface area (Å²) >= 11 is 0. The molecule has 1 N–H and O–H groups in total. The van der Waals surface area contributed by atoms with E-state index in [9.17, 15) is 13.2 Å². The van der Waals surface area contributed by atoms with Crippen LogP contribution in [0.3, 0.4) is 0 Å². The van der Waals surface area contributed by atoms with Crippen LogP contribution in [0, 0.1) is 0 Å². The van der Waals surface area contributed by atoms with Gasteiger partial charge in [-0.05, 0) is 31.2 Å². The first-order chi connectivity index (χ1) is 9.87. The summed E-state index contributed by atoms with van der Waals surface area (Å²) in [6.45, 7) is 4.68. The molecule has 1 aromatic rings. The third-order valence-corrected chi connectivity index (χ3v) is 4.05. The number of benzene rings is 1. The summed E-state index contributed by atoms with van der Waals surface area (Å²) in [4.78, 5) is 14.5. The van der Waals surface area contributed by atoms with Gasteiger partial charge in [0, 0.05) is 24.3 Å². The zero-order valence-electron chi connectivity index (χ0n) is 12.6. The topological polar surface area (TPSA) is 75.7 Å². The zero-order valence-corrected chi connectivity index (χ0v) is 14.2. The lowest BCUT2D eigenvalue weighted by atomic mass is 10.0. The second-order valence-electron chi connectivity index (χ2n) is 5.14. The molecule has 1 atom stereocenters. The molecule has 0 saturated carbocycles. The molecule has 8 heteroatoms. The Hall–Kier alpha value is -1.15. The summed E-state index contributed by atoms with van der Waals surface area (Å²) < 4.78 is 29.9. The number of hydrogen-bond acceptors (Lipinski definition) is 5. The normalized spacial score (nSPS) is 17.4. The Bertz CT molecular complexity index is 598. The van der Waals surface area contributed by atoms with Crippen molar-refractivity contribution in [3.8, 4) is 0 Å². The van der Waals surface area contributed by atoms with E-state index in [4.69, 9.17) is 4.74 Å². The Labute approximate surface area is 137 Å². The molecule has 0 radical (unpaired) electrons. The number of nitrogens with one attached hydrogen (secondary N) is 1. The van der Waals surface area contributed by atoms with Crippen molar-refractivity contribution in [2.24, 2.45) is 0 Å². The Kier molecular flexibility index (Phi) is 6.80. The van der Waals surface area contributed by atoms with Crippen LogP contribution in [0.4, 0.5) is 5.69 Å². The van der Waals surface area contributed by atoms with Crippen molar-refractivity contribution in [2.75, 3.05) is 37.3 Å². The van der Waals surface area contributed by atoms with Gasteiger partial charge >= 0.3 is 0 Å². The van der Waals surface area contributed by atoms with Gasteiger partial charge in [0.1, 0.15) is 0 Å². The van der Waals surface area contributed by atoms with Gasteiger partial charge in [0.25, 0.3) is 0 Å². The SMILES string of the molecule is CC(C(=O)c1ccc(NS(C)(=O)=O)cc1)N1CCOCC1.Cl. The molecule has 0 aliphatic carbocycles. The third-order valence-electron chi connectivity index (χ3n) is 3.45. The minimum absolute atomic E-state index is 0. The van der Waals surface area contributed by atoms with Crippen LogP contribution < -0.4 is 4.72 Å². The Balaban J connectivity index is 0.00000242. The molecule has 1 saturated heterocycles. The Morgan fingerprint density at radius 2 is 1.77 bits per heavy atom. The number of carbonyl (C=O) groups is 1. The highest BCUT2D eigenvalue weighted by Gasteiger charge is 2.24. The number of ether oxygens (including phenoxy) is 1. The fourth-order valence-corrected chi connectivity index (χ4v) is 2.85. The maximum absolute atomic E-state index is 12.4. The van der Waals surface area contributed by atoms with Gasteiger partial charge in [0.2, 0.25) is 10.0 Å². The van der Waals surface area contributed by atoms with E-state index in [1.165, 1.54) is 0 Å². The fraction of sp³-hybridized carbons (Fsp3) is 0.500. The van der Waals surface area contributed by atoms with Crippen LogP contribution in [0.15, 0.2) is 24.3 Å². The molecule has 2 rings (SSSR count). The number of halogens is 1. The maximum atomic E-state index is 12.4. The summed E-state index contributed by atoms with van der Waals surface area (Å²) in [6, 6.07) is 6.28. The van der Waals surface area contributed by atoms with Crippen LogP contribution in [0.25, 0.3) is 0 Å². The monoisotopic (exact) mass is 348 g/mol. The average Bonchev–Trinajstić information content (AvgIpc) is 2.46. The molecule has 1 aliphatic heterocycles. The first-order valence-corrected chi connectivity index (χ1v) is 8.70. The molecule has 1 aliphatic rings. The van der Waals surface area contributed by atoms with Gasteiger partial charge in [-0.3, -0.25) is 14.4 Å². The van der Waals surface area contributed by atoms with Gasteiger partial charge in [-0.25, -0.2) is 8.42 Å². The lowest BCUT2D eigenvalue weighted by Crippen LogP contribution is -2.45. The van der Waals surface area contributed by atoms with Crippen LogP contribution in [-0.2, 0) is 14.8 Å². The number of nitrogens with zero attached hydrogens (tertiary/aromatic N) is 1. The van der Waals surface area contributed by atoms with E-state index in [1.807, 2.05) is 6.92 Å². The highest BCUT2D eigenvalue weighted by atomic mass is 35.5. The number of rotatable bonds is 5. The largest absolute Gasteiger partial charge is 0.379 e. The molecule has 22 heavy (non-hydrogen) atoms. The quantitative estimate of drug-likeness (QED) is 0.814. The first-order valence-electron chi connectivity index (χ1n) is 6.81. The molecular formula is C14H21ClN2O4S. The van der Waals surface area contributed by atoms with Crippen molar-refractivity contribution in [3.63, 3.8) is 0 Å². The second kappa shape index (κ2) is 7.92. The highest BCUT2D eigenvalue weighted by molar-refractivity contribution is 7.92. The van der Waals surface area contributed by atoms with Crippen LogP contribution in [0.5, 0.6) is 0 Å². The predicted octanol–water partition coefficient (Wildman–Crippen LogP) is 1.38. The van der Waals surface area contributed by atoms with Crippen LogP contribution in [-0.4, -0.2) is 57.7 Å². The van der Waals surface area contributed by atoms with E-state index in [0.717, 1.165) is 19.3 Å². The standard InChI is InChI=1S/C14H20N2O4S.ClH/c1-11(16-7-9-20-10-8-16)14(17)12-3-5-13(6-4-12)15-21(2,18)19;/h3-6,11,15H,7-10H2,1-2H3;1H. The highest BCUT2D eigenvalue weighted by Crippen LogP contribution is 2.15. The molecule has 6 nitrogen and oxygen atoms in total. The molecule has 1 unspecified atom stereocenters. The van der Waals surface area contributed by atoms with E-state index in [1.54, 1.807) is 24.3 Å². The third kappa shape index (κ3) is 5.24. The van der Waals surface area contributed by atoms with Gasteiger partial charge in [0.15, 0.2) is 5.78 Å². The number of anilines is 1. The molecule has 0 spiro atoms. The van der Waals surface area contributed by atoms with Crippen molar-refractivity contribution in [2.45, 2.75) is 13.0 Å². The fourth-order valence-electron chi connectivity index (χ4n) is 2.29. The summed E-state index contributed by atoms with van der Waals surface area (Å²) in [5, 5.41) is 0. The van der Waals surface area contributed by atoms with Crippen molar-refractivity contribution in [1.82, 2.24) is 4.90 Å². The summed E-state index contributed by atoms with van der Waals surface area (Å²) in [5.74, 6) is 0.0304.